The van der Waals surface area contributed by atoms with Crippen molar-refractivity contribution in [3.63, 3.8) is 0 Å². The molecule has 0 saturated carbocycles. The molecule has 0 bridgehead atoms. The third kappa shape index (κ3) is 5.85. The number of nitrogens with zero attached hydrogens (tertiary/aromatic N) is 1. The molecule has 0 aliphatic heterocycles. The van der Waals surface area contributed by atoms with E-state index in [0.29, 0.717) is 0 Å². The van der Waals surface area contributed by atoms with Gasteiger partial charge in [0, 0.05) is 0 Å². The summed E-state index contributed by atoms with van der Waals surface area (Å²) in [5.41, 5.74) is 0. The van der Waals surface area contributed by atoms with E-state index in [0.717, 1.165) is 0 Å². The molecule has 0 rings (SSSR count). The van der Waals surface area contributed by atoms with Gasteiger partial charge in [-0.15, -0.1) is 13.2 Å². The first kappa shape index (κ1) is 25.2. The summed E-state index contributed by atoms with van der Waals surface area (Å²) in [6, 6.07) is -7.36. The van der Waals surface area contributed by atoms with Crippen LogP contribution in [0, 0.1) is 0 Å². The molecule has 0 radical (unpaired) electrons. The molecule has 0 aromatic rings. The molecule has 0 spiro atoms. The first-order valence-electron chi connectivity index (χ1n) is 5.64. The van der Waals surface area contributed by atoms with Crippen molar-refractivity contribution in [2.75, 3.05) is 6.61 Å². The fourth-order valence-electron chi connectivity index (χ4n) is 1.11. The van der Waals surface area contributed by atoms with Crippen molar-refractivity contribution in [1.82, 2.24) is 4.90 Å². The van der Waals surface area contributed by atoms with Crippen molar-refractivity contribution in [2.45, 2.75) is 37.0 Å². The van der Waals surface area contributed by atoms with Crippen LogP contribution in [0.15, 0.2) is 11.7 Å². The van der Waals surface area contributed by atoms with Gasteiger partial charge in [0.1, 0.15) is 0 Å². The second-order valence-corrected chi connectivity index (χ2v) is 4.31. The highest BCUT2D eigenvalue weighted by Crippen LogP contribution is 2.48. The molecule has 0 saturated heterocycles. The smallest absolute Gasteiger partial charge is 0.479 e. The van der Waals surface area contributed by atoms with Crippen LogP contribution in [-0.4, -0.2) is 48.6 Å². The van der Waals surface area contributed by atoms with Crippen LogP contribution in [-0.2, 0) is 4.74 Å². The number of rotatable bonds is 6. The normalized spacial score (nSPS) is 15.7. The molecular formula is C9H3F16NO. The summed E-state index contributed by atoms with van der Waals surface area (Å²) in [7, 11) is 0. The van der Waals surface area contributed by atoms with Gasteiger partial charge in [-0.05, 0) is 0 Å². The lowest BCUT2D eigenvalue weighted by Gasteiger charge is -2.34. The summed E-state index contributed by atoms with van der Waals surface area (Å²) in [5, 5.41) is 0. The Hall–Kier alpha value is -1.78. The lowest BCUT2D eigenvalue weighted by atomic mass is 10.3. The molecule has 0 aliphatic carbocycles. The monoisotopic (exact) mass is 445 g/mol. The fraction of sp³-hybridized carbons (Fsp3) is 0.778. The number of ether oxygens (including phenoxy) is 1. The largest absolute Gasteiger partial charge is 0.491 e. The van der Waals surface area contributed by atoms with E-state index >= 15 is 0 Å². The van der Waals surface area contributed by atoms with E-state index in [1.165, 1.54) is 0 Å². The van der Waals surface area contributed by atoms with Gasteiger partial charge < -0.3 is 4.74 Å². The predicted octanol–water partition coefficient (Wildman–Crippen LogP) is 5.58. The van der Waals surface area contributed by atoms with Gasteiger partial charge in [-0.1, -0.05) is 0 Å². The molecule has 0 heterocycles. The van der Waals surface area contributed by atoms with Gasteiger partial charge in [0.05, 0.1) is 0 Å². The summed E-state index contributed by atoms with van der Waals surface area (Å²) in [6.45, 7) is -3.20. The molecule has 0 atom stereocenters. The van der Waals surface area contributed by atoms with Crippen molar-refractivity contribution in [3.8, 4) is 0 Å². The standard InChI is InChI=1S/C9H3F16NO/c10-3(26(9(23,24)25)8(21,22)7(18,19)20)2(6(15,16)17)27-1-5(13,14)4(11)12/h4H,1H2/b3-2-. The van der Waals surface area contributed by atoms with E-state index in [1.54, 1.807) is 0 Å². The SMILES string of the molecule is F/C(=C(/OCC(F)(F)C(F)F)C(F)(F)F)N(C(F)(F)F)C(F)(F)C(F)(F)F. The van der Waals surface area contributed by atoms with Gasteiger partial charge in [0.15, 0.2) is 6.61 Å². The van der Waals surface area contributed by atoms with E-state index in [1.807, 2.05) is 0 Å². The Labute approximate surface area is 136 Å². The topological polar surface area (TPSA) is 12.5 Å². The summed E-state index contributed by atoms with van der Waals surface area (Å²) in [5.74, 6) is -14.2. The highest BCUT2D eigenvalue weighted by molar-refractivity contribution is 5.09. The van der Waals surface area contributed by atoms with E-state index in [-0.39, 0.29) is 0 Å². The Morgan fingerprint density at radius 1 is 0.778 bits per heavy atom. The molecule has 0 amide bonds. The molecule has 0 unspecified atom stereocenters. The third-order valence-corrected chi connectivity index (χ3v) is 2.24. The molecule has 0 N–H and O–H groups in total. The molecule has 0 aromatic heterocycles. The summed E-state index contributed by atoms with van der Waals surface area (Å²) >= 11 is 0. The minimum Gasteiger partial charge on any atom is -0.479 e. The van der Waals surface area contributed by atoms with Gasteiger partial charge in [0.2, 0.25) is 5.95 Å². The molecule has 2 nitrogen and oxygen atoms in total. The lowest BCUT2D eigenvalue weighted by Crippen LogP contribution is -2.57. The average Bonchev–Trinajstić information content (AvgIpc) is 2.32. The highest BCUT2D eigenvalue weighted by atomic mass is 19.4. The number of hydrogen-bond donors (Lipinski definition) is 0. The molecule has 0 aliphatic rings. The lowest BCUT2D eigenvalue weighted by molar-refractivity contribution is -0.405. The highest BCUT2D eigenvalue weighted by Gasteiger charge is 2.70. The van der Waals surface area contributed by atoms with Crippen molar-refractivity contribution in [3.05, 3.63) is 11.7 Å². The Bertz CT molecular complexity index is 540. The van der Waals surface area contributed by atoms with Crippen LogP contribution in [0.5, 0.6) is 0 Å². The predicted molar refractivity (Wildman–Crippen MR) is 50.0 cm³/mol. The molecule has 18 heteroatoms. The molecule has 27 heavy (non-hydrogen) atoms. The van der Waals surface area contributed by atoms with Gasteiger partial charge in [-0.3, -0.25) is 0 Å². The Morgan fingerprint density at radius 3 is 1.44 bits per heavy atom. The maximum Gasteiger partial charge on any atom is 0.491 e. The van der Waals surface area contributed by atoms with Crippen molar-refractivity contribution in [1.29, 1.82) is 0 Å². The van der Waals surface area contributed by atoms with Crippen LogP contribution < -0.4 is 0 Å². The van der Waals surface area contributed by atoms with Gasteiger partial charge in [-0.2, -0.15) is 53.2 Å². The zero-order valence-electron chi connectivity index (χ0n) is 11.7. The Balaban J connectivity index is 6.41. The first-order chi connectivity index (χ1) is 11.6. The van der Waals surface area contributed by atoms with Crippen LogP contribution in [0.2, 0.25) is 0 Å². The maximum absolute atomic E-state index is 13.4. The zero-order valence-corrected chi connectivity index (χ0v) is 11.7. The van der Waals surface area contributed by atoms with Gasteiger partial charge in [0.25, 0.3) is 5.76 Å². The van der Waals surface area contributed by atoms with E-state index in [2.05, 4.69) is 4.74 Å². The second kappa shape index (κ2) is 7.33. The molecule has 0 fully saturated rings. The summed E-state index contributed by atoms with van der Waals surface area (Å²) in [4.78, 5) is -3.69. The summed E-state index contributed by atoms with van der Waals surface area (Å²) < 4.78 is 200. The molecule has 162 valence electrons. The number of hydrogen-bond acceptors (Lipinski definition) is 2. The van der Waals surface area contributed by atoms with Gasteiger partial charge >= 0.3 is 37.0 Å². The number of alkyl halides is 15. The Morgan fingerprint density at radius 2 is 1.19 bits per heavy atom. The minimum absolute atomic E-state index is 2.69. The third-order valence-electron chi connectivity index (χ3n) is 2.24. The minimum atomic E-state index is -7.36. The van der Waals surface area contributed by atoms with E-state index in [4.69, 9.17) is 0 Å². The zero-order chi connectivity index (χ0) is 22.2. The quantitative estimate of drug-likeness (QED) is 0.301. The van der Waals surface area contributed by atoms with Crippen LogP contribution in [0.1, 0.15) is 0 Å². The van der Waals surface area contributed by atoms with E-state index in [9.17, 15) is 70.2 Å². The first-order valence-corrected chi connectivity index (χ1v) is 5.64. The van der Waals surface area contributed by atoms with Crippen molar-refractivity contribution in [2.24, 2.45) is 0 Å². The van der Waals surface area contributed by atoms with Gasteiger partial charge in [-0.25, -0.2) is 8.78 Å². The second-order valence-electron chi connectivity index (χ2n) is 4.31. The number of allylic oxidation sites excluding steroid dienone is 1. The van der Waals surface area contributed by atoms with Crippen LogP contribution in [0.3, 0.4) is 0 Å². The molecule has 0 aromatic carbocycles. The van der Waals surface area contributed by atoms with Crippen molar-refractivity contribution < 1.29 is 75.0 Å². The molecular weight excluding hydrogens is 442 g/mol. The maximum atomic E-state index is 13.4. The Kier molecular flexibility index (Phi) is 6.84. The van der Waals surface area contributed by atoms with Crippen LogP contribution in [0.25, 0.3) is 0 Å². The van der Waals surface area contributed by atoms with Crippen LogP contribution >= 0.6 is 0 Å². The number of halogens is 16. The summed E-state index contributed by atoms with van der Waals surface area (Å²) in [6.07, 6.45) is -26.0. The van der Waals surface area contributed by atoms with E-state index < -0.39 is 60.3 Å². The fourth-order valence-corrected chi connectivity index (χ4v) is 1.11. The van der Waals surface area contributed by atoms with Crippen molar-refractivity contribution >= 4 is 0 Å². The average molecular weight is 445 g/mol. The van der Waals surface area contributed by atoms with Crippen LogP contribution in [0.4, 0.5) is 70.2 Å².